The maximum absolute atomic E-state index is 6.16. The fourth-order valence-electron chi connectivity index (χ4n) is 2.44. The van der Waals surface area contributed by atoms with Gasteiger partial charge < -0.3 is 10.1 Å². The molecular formula is C13H15ClN2OS. The minimum Gasteiger partial charge on any atom is -0.381 e. The van der Waals surface area contributed by atoms with Crippen molar-refractivity contribution in [3.8, 4) is 0 Å². The number of halogens is 1. The van der Waals surface area contributed by atoms with Gasteiger partial charge in [0.1, 0.15) is 0 Å². The molecule has 1 aliphatic rings. The molecule has 1 fully saturated rings. The number of fused-ring (bicyclic) bond motifs is 1. The third-order valence-corrected chi connectivity index (χ3v) is 4.88. The number of nitrogens with zero attached hydrogens (tertiary/aromatic N) is 1. The molecule has 5 heteroatoms. The summed E-state index contributed by atoms with van der Waals surface area (Å²) in [5.41, 5.74) is 0.969. The number of thiazole rings is 1. The Morgan fingerprint density at radius 2 is 2.33 bits per heavy atom. The zero-order valence-corrected chi connectivity index (χ0v) is 11.7. The average molecular weight is 283 g/mol. The van der Waals surface area contributed by atoms with Crippen LogP contribution in [0.3, 0.4) is 0 Å². The molecule has 3 rings (SSSR count). The van der Waals surface area contributed by atoms with Crippen LogP contribution < -0.4 is 5.32 Å². The van der Waals surface area contributed by atoms with E-state index in [9.17, 15) is 0 Å². The van der Waals surface area contributed by atoms with Gasteiger partial charge in [-0.25, -0.2) is 4.98 Å². The van der Waals surface area contributed by atoms with Gasteiger partial charge in [0.2, 0.25) is 0 Å². The lowest BCUT2D eigenvalue weighted by Gasteiger charge is -2.11. The SMILES string of the molecule is COC1CCC(Nc2nc3cccc(Cl)c3s2)C1. The van der Waals surface area contributed by atoms with E-state index in [1.54, 1.807) is 18.4 Å². The Hall–Kier alpha value is -0.840. The smallest absolute Gasteiger partial charge is 0.184 e. The van der Waals surface area contributed by atoms with E-state index >= 15 is 0 Å². The van der Waals surface area contributed by atoms with Gasteiger partial charge in [-0.05, 0) is 31.4 Å². The molecule has 1 aromatic carbocycles. The zero-order valence-electron chi connectivity index (χ0n) is 10.1. The van der Waals surface area contributed by atoms with Gasteiger partial charge in [-0.15, -0.1) is 0 Å². The minimum absolute atomic E-state index is 0.389. The summed E-state index contributed by atoms with van der Waals surface area (Å²) in [6.07, 6.45) is 3.71. The molecule has 1 saturated carbocycles. The highest BCUT2D eigenvalue weighted by Gasteiger charge is 2.25. The first-order valence-electron chi connectivity index (χ1n) is 6.10. The second-order valence-electron chi connectivity index (χ2n) is 4.62. The Morgan fingerprint density at radius 3 is 3.06 bits per heavy atom. The van der Waals surface area contributed by atoms with Crippen molar-refractivity contribution in [3.05, 3.63) is 23.2 Å². The number of hydrogen-bond acceptors (Lipinski definition) is 4. The number of ether oxygens (including phenoxy) is 1. The predicted octanol–water partition coefficient (Wildman–Crippen LogP) is 3.93. The molecule has 96 valence electrons. The lowest BCUT2D eigenvalue weighted by Crippen LogP contribution is -2.16. The summed E-state index contributed by atoms with van der Waals surface area (Å²) in [6, 6.07) is 6.30. The summed E-state index contributed by atoms with van der Waals surface area (Å²) >= 11 is 7.78. The first-order chi connectivity index (χ1) is 8.76. The van der Waals surface area contributed by atoms with E-state index in [1.165, 1.54) is 0 Å². The second-order valence-corrected chi connectivity index (χ2v) is 6.03. The van der Waals surface area contributed by atoms with Gasteiger partial charge in [0.25, 0.3) is 0 Å². The van der Waals surface area contributed by atoms with E-state index in [0.717, 1.165) is 39.6 Å². The summed E-state index contributed by atoms with van der Waals surface area (Å²) in [5, 5.41) is 5.23. The first kappa shape index (κ1) is 12.2. The Morgan fingerprint density at radius 1 is 1.44 bits per heavy atom. The van der Waals surface area contributed by atoms with Gasteiger partial charge in [-0.2, -0.15) is 0 Å². The molecule has 2 aromatic rings. The molecule has 0 radical (unpaired) electrons. The molecule has 0 amide bonds. The van der Waals surface area contributed by atoms with Crippen molar-refractivity contribution >= 4 is 38.3 Å². The van der Waals surface area contributed by atoms with Gasteiger partial charge in [-0.1, -0.05) is 29.0 Å². The summed E-state index contributed by atoms with van der Waals surface area (Å²) < 4.78 is 6.44. The van der Waals surface area contributed by atoms with Crippen LogP contribution in [-0.4, -0.2) is 24.2 Å². The van der Waals surface area contributed by atoms with E-state index in [0.29, 0.717) is 12.1 Å². The van der Waals surface area contributed by atoms with E-state index < -0.39 is 0 Å². The van der Waals surface area contributed by atoms with E-state index in [4.69, 9.17) is 16.3 Å². The van der Waals surface area contributed by atoms with E-state index in [2.05, 4.69) is 10.3 Å². The maximum Gasteiger partial charge on any atom is 0.184 e. The Balaban J connectivity index is 1.77. The monoisotopic (exact) mass is 282 g/mol. The highest BCUT2D eigenvalue weighted by Crippen LogP contribution is 2.33. The number of aromatic nitrogens is 1. The van der Waals surface area contributed by atoms with Crippen LogP contribution in [0.25, 0.3) is 10.2 Å². The molecule has 0 spiro atoms. The normalized spacial score (nSPS) is 23.7. The Labute approximate surface area is 115 Å². The van der Waals surface area contributed by atoms with Gasteiger partial charge in [0.05, 0.1) is 21.3 Å². The Bertz CT molecular complexity index is 557. The molecule has 0 bridgehead atoms. The van der Waals surface area contributed by atoms with Crippen LogP contribution in [0.4, 0.5) is 5.13 Å². The molecule has 2 unspecified atom stereocenters. The van der Waals surface area contributed by atoms with Crippen LogP contribution in [0, 0.1) is 0 Å². The highest BCUT2D eigenvalue weighted by molar-refractivity contribution is 7.22. The maximum atomic E-state index is 6.16. The van der Waals surface area contributed by atoms with Gasteiger partial charge in [0, 0.05) is 13.2 Å². The highest BCUT2D eigenvalue weighted by atomic mass is 35.5. The van der Waals surface area contributed by atoms with Crippen LogP contribution in [0.5, 0.6) is 0 Å². The van der Waals surface area contributed by atoms with Gasteiger partial charge in [-0.3, -0.25) is 0 Å². The number of methoxy groups -OCH3 is 1. The van der Waals surface area contributed by atoms with E-state index in [1.807, 2.05) is 18.2 Å². The van der Waals surface area contributed by atoms with E-state index in [-0.39, 0.29) is 0 Å². The van der Waals surface area contributed by atoms with Gasteiger partial charge in [0.15, 0.2) is 5.13 Å². The topological polar surface area (TPSA) is 34.1 Å². The van der Waals surface area contributed by atoms with Crippen molar-refractivity contribution < 1.29 is 4.74 Å². The zero-order chi connectivity index (χ0) is 12.5. The summed E-state index contributed by atoms with van der Waals surface area (Å²) in [5.74, 6) is 0. The summed E-state index contributed by atoms with van der Waals surface area (Å²) in [4.78, 5) is 4.57. The molecule has 1 aromatic heterocycles. The number of rotatable bonds is 3. The molecule has 3 nitrogen and oxygen atoms in total. The van der Waals surface area contributed by atoms with Crippen LogP contribution in [0.2, 0.25) is 5.02 Å². The predicted molar refractivity (Wildman–Crippen MR) is 76.7 cm³/mol. The van der Waals surface area contributed by atoms with Crippen molar-refractivity contribution in [2.24, 2.45) is 0 Å². The fraction of sp³-hybridized carbons (Fsp3) is 0.462. The quantitative estimate of drug-likeness (QED) is 0.926. The lowest BCUT2D eigenvalue weighted by atomic mass is 10.2. The summed E-state index contributed by atoms with van der Waals surface area (Å²) in [6.45, 7) is 0. The molecule has 2 atom stereocenters. The number of nitrogens with one attached hydrogen (secondary N) is 1. The van der Waals surface area contributed by atoms with Gasteiger partial charge >= 0.3 is 0 Å². The Kier molecular flexibility index (Phi) is 3.41. The third kappa shape index (κ3) is 2.32. The fourth-order valence-corrected chi connectivity index (χ4v) is 3.67. The first-order valence-corrected chi connectivity index (χ1v) is 7.30. The third-order valence-electron chi connectivity index (χ3n) is 3.41. The molecule has 1 heterocycles. The van der Waals surface area contributed by atoms with Crippen LogP contribution >= 0.6 is 22.9 Å². The number of hydrogen-bond donors (Lipinski definition) is 1. The molecule has 1 aliphatic carbocycles. The summed E-state index contributed by atoms with van der Waals surface area (Å²) in [7, 11) is 1.78. The molecule has 0 saturated heterocycles. The standard InChI is InChI=1S/C13H15ClN2OS/c1-17-9-6-5-8(7-9)15-13-16-11-4-2-3-10(14)12(11)18-13/h2-4,8-9H,5-7H2,1H3,(H,15,16). The largest absolute Gasteiger partial charge is 0.381 e. The molecule has 1 N–H and O–H groups in total. The minimum atomic E-state index is 0.389. The van der Waals surface area contributed by atoms with Crippen LogP contribution in [0.1, 0.15) is 19.3 Å². The number of anilines is 1. The number of benzene rings is 1. The van der Waals surface area contributed by atoms with Crippen molar-refractivity contribution in [1.82, 2.24) is 4.98 Å². The molecule has 0 aliphatic heterocycles. The average Bonchev–Trinajstić information content (AvgIpc) is 2.96. The van der Waals surface area contributed by atoms with Crippen LogP contribution in [-0.2, 0) is 4.74 Å². The lowest BCUT2D eigenvalue weighted by molar-refractivity contribution is 0.108. The van der Waals surface area contributed by atoms with Crippen molar-refractivity contribution in [3.63, 3.8) is 0 Å². The molecular weight excluding hydrogens is 268 g/mol. The van der Waals surface area contributed by atoms with Crippen molar-refractivity contribution in [2.75, 3.05) is 12.4 Å². The van der Waals surface area contributed by atoms with Crippen molar-refractivity contribution in [1.29, 1.82) is 0 Å². The van der Waals surface area contributed by atoms with Crippen molar-refractivity contribution in [2.45, 2.75) is 31.4 Å². The van der Waals surface area contributed by atoms with Crippen LogP contribution in [0.15, 0.2) is 18.2 Å². The molecule has 18 heavy (non-hydrogen) atoms. The second kappa shape index (κ2) is 5.03.